The molecular formula is C13H17ClO2. The van der Waals surface area contributed by atoms with Crippen molar-refractivity contribution < 1.29 is 9.47 Å². The van der Waals surface area contributed by atoms with Gasteiger partial charge in [0.1, 0.15) is 0 Å². The largest absolute Gasteiger partial charge is 0.380 e. The summed E-state index contributed by atoms with van der Waals surface area (Å²) >= 11 is 5.97. The number of benzene rings is 1. The Hall–Kier alpha value is -0.570. The van der Waals surface area contributed by atoms with Crippen LogP contribution in [0.3, 0.4) is 0 Å². The Balaban J connectivity index is 2.24. The molecule has 0 spiro atoms. The van der Waals surface area contributed by atoms with Crippen LogP contribution in [0.4, 0.5) is 0 Å². The van der Waals surface area contributed by atoms with Gasteiger partial charge >= 0.3 is 0 Å². The van der Waals surface area contributed by atoms with Gasteiger partial charge in [0.15, 0.2) is 0 Å². The Bertz CT molecular complexity index is 340. The van der Waals surface area contributed by atoms with Gasteiger partial charge in [-0.2, -0.15) is 0 Å². The van der Waals surface area contributed by atoms with Crippen molar-refractivity contribution in [2.45, 2.75) is 19.1 Å². The van der Waals surface area contributed by atoms with Gasteiger partial charge in [-0.25, -0.2) is 0 Å². The van der Waals surface area contributed by atoms with Gasteiger partial charge in [0.25, 0.3) is 0 Å². The number of rotatable bonds is 4. The molecule has 1 aromatic rings. The van der Waals surface area contributed by atoms with Crippen molar-refractivity contribution in [2.75, 3.05) is 19.6 Å². The average molecular weight is 241 g/mol. The van der Waals surface area contributed by atoms with Gasteiger partial charge in [-0.1, -0.05) is 24.3 Å². The van der Waals surface area contributed by atoms with Crippen LogP contribution in [0, 0.1) is 5.92 Å². The third-order valence-corrected chi connectivity index (χ3v) is 3.47. The standard InChI is InChI=1S/C13H17ClO2/c1-15-9-11-4-2-3-5-12(11)13-10(8-14)6-7-16-13/h2-5,10,13H,6-9H2,1H3. The molecule has 1 fully saturated rings. The molecule has 0 saturated carbocycles. The monoisotopic (exact) mass is 240 g/mol. The van der Waals surface area contributed by atoms with E-state index in [1.807, 2.05) is 12.1 Å². The molecule has 1 aliphatic rings. The number of methoxy groups -OCH3 is 1. The van der Waals surface area contributed by atoms with Crippen LogP contribution in [0.1, 0.15) is 23.7 Å². The van der Waals surface area contributed by atoms with E-state index < -0.39 is 0 Å². The molecule has 1 saturated heterocycles. The summed E-state index contributed by atoms with van der Waals surface area (Å²) < 4.78 is 11.0. The Morgan fingerprint density at radius 3 is 3.00 bits per heavy atom. The summed E-state index contributed by atoms with van der Waals surface area (Å²) in [5, 5.41) is 0. The average Bonchev–Trinajstić information content (AvgIpc) is 2.78. The molecule has 2 nitrogen and oxygen atoms in total. The number of hydrogen-bond acceptors (Lipinski definition) is 2. The maximum atomic E-state index is 5.97. The summed E-state index contributed by atoms with van der Waals surface area (Å²) in [5.74, 6) is 1.09. The highest BCUT2D eigenvalue weighted by molar-refractivity contribution is 6.18. The van der Waals surface area contributed by atoms with Gasteiger partial charge in [-0.05, 0) is 17.5 Å². The highest BCUT2D eigenvalue weighted by Gasteiger charge is 2.30. The Morgan fingerprint density at radius 2 is 2.25 bits per heavy atom. The van der Waals surface area contributed by atoms with Gasteiger partial charge in [-0.3, -0.25) is 0 Å². The maximum absolute atomic E-state index is 5.97. The van der Waals surface area contributed by atoms with Gasteiger partial charge < -0.3 is 9.47 Å². The summed E-state index contributed by atoms with van der Waals surface area (Å²) in [6.07, 6.45) is 1.19. The van der Waals surface area contributed by atoms with E-state index in [9.17, 15) is 0 Å². The summed E-state index contributed by atoms with van der Waals surface area (Å²) in [4.78, 5) is 0. The molecular weight excluding hydrogens is 224 g/mol. The molecule has 16 heavy (non-hydrogen) atoms. The summed E-state index contributed by atoms with van der Waals surface area (Å²) in [5.41, 5.74) is 2.43. The first-order chi connectivity index (χ1) is 7.86. The number of alkyl halides is 1. The zero-order valence-corrected chi connectivity index (χ0v) is 10.2. The molecule has 1 heterocycles. The van der Waals surface area contributed by atoms with Gasteiger partial charge in [0.2, 0.25) is 0 Å². The molecule has 2 unspecified atom stereocenters. The minimum Gasteiger partial charge on any atom is -0.380 e. The highest BCUT2D eigenvalue weighted by atomic mass is 35.5. The molecule has 2 rings (SSSR count). The quantitative estimate of drug-likeness (QED) is 0.753. The Labute approximate surface area is 102 Å². The molecule has 0 aliphatic carbocycles. The maximum Gasteiger partial charge on any atom is 0.0868 e. The van der Waals surface area contributed by atoms with E-state index in [0.29, 0.717) is 18.4 Å². The first-order valence-electron chi connectivity index (χ1n) is 5.61. The van der Waals surface area contributed by atoms with Gasteiger partial charge in [0.05, 0.1) is 12.7 Å². The van der Waals surface area contributed by atoms with Gasteiger partial charge in [0, 0.05) is 25.5 Å². The predicted molar refractivity (Wildman–Crippen MR) is 64.7 cm³/mol. The lowest BCUT2D eigenvalue weighted by atomic mass is 9.93. The van der Waals surface area contributed by atoms with Crippen LogP contribution < -0.4 is 0 Å². The van der Waals surface area contributed by atoms with E-state index in [-0.39, 0.29) is 6.10 Å². The zero-order valence-electron chi connectivity index (χ0n) is 9.49. The Kier molecular flexibility index (Phi) is 4.22. The van der Waals surface area contributed by atoms with E-state index in [1.165, 1.54) is 11.1 Å². The third-order valence-electron chi connectivity index (χ3n) is 3.07. The van der Waals surface area contributed by atoms with Crippen LogP contribution in [0.15, 0.2) is 24.3 Å². The summed E-state index contributed by atoms with van der Waals surface area (Å²) in [7, 11) is 1.71. The van der Waals surface area contributed by atoms with Crippen LogP contribution in [0.25, 0.3) is 0 Å². The SMILES string of the molecule is COCc1ccccc1C1OCCC1CCl. The van der Waals surface area contributed by atoms with Crippen LogP contribution in [0.2, 0.25) is 0 Å². The molecule has 0 N–H and O–H groups in total. The van der Waals surface area contributed by atoms with E-state index in [4.69, 9.17) is 21.1 Å². The van der Waals surface area contributed by atoms with Gasteiger partial charge in [-0.15, -0.1) is 11.6 Å². The van der Waals surface area contributed by atoms with Crippen LogP contribution in [-0.4, -0.2) is 19.6 Å². The minimum atomic E-state index is 0.142. The van der Waals surface area contributed by atoms with Crippen molar-refractivity contribution in [1.29, 1.82) is 0 Å². The zero-order chi connectivity index (χ0) is 11.4. The fraction of sp³-hybridized carbons (Fsp3) is 0.538. The fourth-order valence-electron chi connectivity index (χ4n) is 2.23. The number of hydrogen-bond donors (Lipinski definition) is 0. The van der Waals surface area contributed by atoms with Crippen molar-refractivity contribution in [2.24, 2.45) is 5.92 Å². The minimum absolute atomic E-state index is 0.142. The molecule has 0 aromatic heterocycles. The number of halogens is 1. The molecule has 0 bridgehead atoms. The second-order valence-corrected chi connectivity index (χ2v) is 4.43. The van der Waals surface area contributed by atoms with Crippen LogP contribution >= 0.6 is 11.6 Å². The van der Waals surface area contributed by atoms with E-state index >= 15 is 0 Å². The van der Waals surface area contributed by atoms with E-state index in [0.717, 1.165) is 13.0 Å². The van der Waals surface area contributed by atoms with Crippen molar-refractivity contribution in [3.63, 3.8) is 0 Å². The second-order valence-electron chi connectivity index (χ2n) is 4.13. The molecule has 88 valence electrons. The first kappa shape index (κ1) is 11.9. The predicted octanol–water partition coefficient (Wildman–Crippen LogP) is 3.15. The lowest BCUT2D eigenvalue weighted by Gasteiger charge is -2.19. The highest BCUT2D eigenvalue weighted by Crippen LogP contribution is 2.36. The molecule has 1 aliphatic heterocycles. The molecule has 2 atom stereocenters. The third kappa shape index (κ3) is 2.40. The second kappa shape index (κ2) is 5.67. The summed E-state index contributed by atoms with van der Waals surface area (Å²) in [6.45, 7) is 1.44. The molecule has 1 aromatic carbocycles. The smallest absolute Gasteiger partial charge is 0.0868 e. The molecule has 0 amide bonds. The van der Waals surface area contributed by atoms with Crippen molar-refractivity contribution in [3.8, 4) is 0 Å². The van der Waals surface area contributed by atoms with E-state index in [1.54, 1.807) is 7.11 Å². The lowest BCUT2D eigenvalue weighted by Crippen LogP contribution is -2.11. The van der Waals surface area contributed by atoms with Crippen molar-refractivity contribution in [3.05, 3.63) is 35.4 Å². The Morgan fingerprint density at radius 1 is 1.44 bits per heavy atom. The number of ether oxygens (including phenoxy) is 2. The topological polar surface area (TPSA) is 18.5 Å². The van der Waals surface area contributed by atoms with E-state index in [2.05, 4.69) is 12.1 Å². The molecule has 0 radical (unpaired) electrons. The normalized spacial score (nSPS) is 24.9. The first-order valence-corrected chi connectivity index (χ1v) is 6.14. The lowest BCUT2D eigenvalue weighted by molar-refractivity contribution is 0.0918. The van der Waals surface area contributed by atoms with Crippen molar-refractivity contribution >= 4 is 11.6 Å². The van der Waals surface area contributed by atoms with Crippen LogP contribution in [-0.2, 0) is 16.1 Å². The summed E-state index contributed by atoms with van der Waals surface area (Å²) in [6, 6.07) is 8.28. The van der Waals surface area contributed by atoms with Crippen LogP contribution in [0.5, 0.6) is 0 Å². The molecule has 3 heteroatoms. The van der Waals surface area contributed by atoms with Crippen molar-refractivity contribution in [1.82, 2.24) is 0 Å². The fourth-order valence-corrected chi connectivity index (χ4v) is 2.55.